The molecule has 2 aliphatic rings. The zero-order valence-corrected chi connectivity index (χ0v) is 12.1. The third kappa shape index (κ3) is 3.21. The standard InChI is InChI=1S/C17H24N2O/c20-17(19-11-13-4-2-1-3-5-13)15-7-6-14-8-9-18-12-16(14)10-15/h6-7,10,13,18H,1-5,8-9,11-12H2,(H,19,20). The molecule has 0 atom stereocenters. The summed E-state index contributed by atoms with van der Waals surface area (Å²) in [6.07, 6.45) is 7.63. The van der Waals surface area contributed by atoms with E-state index in [1.54, 1.807) is 0 Å². The van der Waals surface area contributed by atoms with Crippen molar-refractivity contribution >= 4 is 5.91 Å². The Kier molecular flexibility index (Phi) is 4.36. The average Bonchev–Trinajstić information content (AvgIpc) is 2.53. The average molecular weight is 272 g/mol. The number of amides is 1. The van der Waals surface area contributed by atoms with Crippen LogP contribution < -0.4 is 10.6 Å². The van der Waals surface area contributed by atoms with Gasteiger partial charge in [-0.2, -0.15) is 0 Å². The van der Waals surface area contributed by atoms with Crippen LogP contribution in [0.2, 0.25) is 0 Å². The Morgan fingerprint density at radius 3 is 2.90 bits per heavy atom. The van der Waals surface area contributed by atoms with Crippen LogP contribution in [0, 0.1) is 5.92 Å². The molecule has 1 aliphatic heterocycles. The molecule has 3 rings (SSSR count). The normalized spacial score (nSPS) is 19.4. The molecule has 1 aromatic rings. The van der Waals surface area contributed by atoms with Crippen LogP contribution >= 0.6 is 0 Å². The van der Waals surface area contributed by atoms with Crippen LogP contribution in [-0.4, -0.2) is 19.0 Å². The third-order valence-electron chi connectivity index (χ3n) is 4.63. The summed E-state index contributed by atoms with van der Waals surface area (Å²) < 4.78 is 0. The summed E-state index contributed by atoms with van der Waals surface area (Å²) >= 11 is 0. The van der Waals surface area contributed by atoms with Crippen LogP contribution in [0.25, 0.3) is 0 Å². The highest BCUT2D eigenvalue weighted by atomic mass is 16.1. The lowest BCUT2D eigenvalue weighted by Gasteiger charge is -2.22. The Bertz CT molecular complexity index is 478. The van der Waals surface area contributed by atoms with Crippen molar-refractivity contribution in [1.29, 1.82) is 0 Å². The van der Waals surface area contributed by atoms with Gasteiger partial charge in [-0.15, -0.1) is 0 Å². The van der Waals surface area contributed by atoms with Gasteiger partial charge in [0.15, 0.2) is 0 Å². The fraction of sp³-hybridized carbons (Fsp3) is 0.588. The molecule has 1 heterocycles. The summed E-state index contributed by atoms with van der Waals surface area (Å²) in [5.41, 5.74) is 3.47. The van der Waals surface area contributed by atoms with Gasteiger partial charge in [-0.1, -0.05) is 25.3 Å². The van der Waals surface area contributed by atoms with Gasteiger partial charge in [0.2, 0.25) is 0 Å². The van der Waals surface area contributed by atoms with Crippen LogP contribution in [0.5, 0.6) is 0 Å². The lowest BCUT2D eigenvalue weighted by atomic mass is 9.89. The molecule has 0 unspecified atom stereocenters. The van der Waals surface area contributed by atoms with Crippen LogP contribution in [-0.2, 0) is 13.0 Å². The second-order valence-corrected chi connectivity index (χ2v) is 6.12. The number of hydrogen-bond acceptors (Lipinski definition) is 2. The molecular weight excluding hydrogens is 248 g/mol. The molecule has 20 heavy (non-hydrogen) atoms. The van der Waals surface area contributed by atoms with Gasteiger partial charge < -0.3 is 10.6 Å². The van der Waals surface area contributed by atoms with E-state index in [9.17, 15) is 4.79 Å². The van der Waals surface area contributed by atoms with E-state index in [-0.39, 0.29) is 5.91 Å². The van der Waals surface area contributed by atoms with Gasteiger partial charge in [-0.25, -0.2) is 0 Å². The van der Waals surface area contributed by atoms with E-state index in [0.29, 0.717) is 5.92 Å². The monoisotopic (exact) mass is 272 g/mol. The SMILES string of the molecule is O=C(NCC1CCCCC1)c1ccc2c(c1)CNCC2. The third-order valence-corrected chi connectivity index (χ3v) is 4.63. The Balaban J connectivity index is 1.59. The fourth-order valence-corrected chi connectivity index (χ4v) is 3.35. The molecule has 1 aromatic carbocycles. The van der Waals surface area contributed by atoms with Crippen LogP contribution in [0.15, 0.2) is 18.2 Å². The molecule has 0 spiro atoms. The number of nitrogens with one attached hydrogen (secondary N) is 2. The molecule has 3 nitrogen and oxygen atoms in total. The Morgan fingerprint density at radius 1 is 1.20 bits per heavy atom. The number of carbonyl (C=O) groups is 1. The number of rotatable bonds is 3. The van der Waals surface area contributed by atoms with E-state index in [2.05, 4.69) is 22.8 Å². The summed E-state index contributed by atoms with van der Waals surface area (Å²) in [5.74, 6) is 0.774. The minimum atomic E-state index is 0.0870. The molecule has 1 saturated carbocycles. The largest absolute Gasteiger partial charge is 0.352 e. The second-order valence-electron chi connectivity index (χ2n) is 6.12. The van der Waals surface area contributed by atoms with E-state index >= 15 is 0 Å². The van der Waals surface area contributed by atoms with Crippen molar-refractivity contribution < 1.29 is 4.79 Å². The molecule has 1 amide bonds. The van der Waals surface area contributed by atoms with E-state index < -0.39 is 0 Å². The molecule has 0 radical (unpaired) electrons. The highest BCUT2D eigenvalue weighted by Crippen LogP contribution is 2.23. The zero-order valence-electron chi connectivity index (χ0n) is 12.1. The van der Waals surface area contributed by atoms with Crippen molar-refractivity contribution in [3.8, 4) is 0 Å². The molecule has 108 valence electrons. The maximum Gasteiger partial charge on any atom is 0.251 e. The van der Waals surface area contributed by atoms with Gasteiger partial charge in [-0.05, 0) is 55.0 Å². The molecule has 0 bridgehead atoms. The van der Waals surface area contributed by atoms with Crippen molar-refractivity contribution in [2.24, 2.45) is 5.92 Å². The topological polar surface area (TPSA) is 41.1 Å². The first kappa shape index (κ1) is 13.6. The first-order valence-electron chi connectivity index (χ1n) is 7.93. The summed E-state index contributed by atoms with van der Waals surface area (Å²) in [7, 11) is 0. The van der Waals surface area contributed by atoms with Gasteiger partial charge in [0, 0.05) is 18.7 Å². The fourth-order valence-electron chi connectivity index (χ4n) is 3.35. The van der Waals surface area contributed by atoms with Crippen molar-refractivity contribution in [3.63, 3.8) is 0 Å². The number of fused-ring (bicyclic) bond motifs is 1. The quantitative estimate of drug-likeness (QED) is 0.888. The molecule has 0 aromatic heterocycles. The number of carbonyl (C=O) groups excluding carboxylic acids is 1. The van der Waals surface area contributed by atoms with Crippen molar-refractivity contribution in [3.05, 3.63) is 34.9 Å². The minimum absolute atomic E-state index is 0.0870. The Hall–Kier alpha value is -1.35. The van der Waals surface area contributed by atoms with Gasteiger partial charge in [-0.3, -0.25) is 4.79 Å². The number of benzene rings is 1. The maximum atomic E-state index is 12.2. The van der Waals surface area contributed by atoms with Gasteiger partial charge in [0.25, 0.3) is 5.91 Å². The zero-order chi connectivity index (χ0) is 13.8. The van der Waals surface area contributed by atoms with Crippen LogP contribution in [0.1, 0.15) is 53.6 Å². The summed E-state index contributed by atoms with van der Waals surface area (Å²) in [5, 5.41) is 6.48. The molecule has 3 heteroatoms. The first-order chi connectivity index (χ1) is 9.83. The van der Waals surface area contributed by atoms with Gasteiger partial charge >= 0.3 is 0 Å². The summed E-state index contributed by atoms with van der Waals surface area (Å²) in [6, 6.07) is 6.14. The predicted octanol–water partition coefficient (Wildman–Crippen LogP) is 2.64. The molecule has 0 saturated heterocycles. The summed E-state index contributed by atoms with van der Waals surface area (Å²) in [4.78, 5) is 12.2. The highest BCUT2D eigenvalue weighted by Gasteiger charge is 2.16. The van der Waals surface area contributed by atoms with E-state index in [0.717, 1.165) is 31.6 Å². The van der Waals surface area contributed by atoms with Crippen molar-refractivity contribution in [2.45, 2.75) is 45.1 Å². The smallest absolute Gasteiger partial charge is 0.251 e. The highest BCUT2D eigenvalue weighted by molar-refractivity contribution is 5.94. The van der Waals surface area contributed by atoms with Crippen molar-refractivity contribution in [1.82, 2.24) is 10.6 Å². The second kappa shape index (κ2) is 6.40. The molecule has 1 fully saturated rings. The predicted molar refractivity (Wildman–Crippen MR) is 80.8 cm³/mol. The Labute approximate surface area is 121 Å². The first-order valence-corrected chi connectivity index (χ1v) is 7.93. The molecule has 1 aliphatic carbocycles. The van der Waals surface area contributed by atoms with E-state index in [1.807, 2.05) is 6.07 Å². The number of hydrogen-bond donors (Lipinski definition) is 2. The van der Waals surface area contributed by atoms with E-state index in [4.69, 9.17) is 0 Å². The lowest BCUT2D eigenvalue weighted by molar-refractivity contribution is 0.0943. The lowest BCUT2D eigenvalue weighted by Crippen LogP contribution is -2.31. The molecular formula is C17H24N2O. The Morgan fingerprint density at radius 2 is 2.05 bits per heavy atom. The summed E-state index contributed by atoms with van der Waals surface area (Å²) in [6.45, 7) is 2.77. The minimum Gasteiger partial charge on any atom is -0.352 e. The van der Waals surface area contributed by atoms with Gasteiger partial charge in [0.05, 0.1) is 0 Å². The van der Waals surface area contributed by atoms with Crippen LogP contribution in [0.3, 0.4) is 0 Å². The van der Waals surface area contributed by atoms with Crippen LogP contribution in [0.4, 0.5) is 0 Å². The van der Waals surface area contributed by atoms with E-state index in [1.165, 1.54) is 43.2 Å². The van der Waals surface area contributed by atoms with Gasteiger partial charge in [0.1, 0.15) is 0 Å². The molecule has 2 N–H and O–H groups in total. The van der Waals surface area contributed by atoms with Crippen molar-refractivity contribution in [2.75, 3.05) is 13.1 Å². The maximum absolute atomic E-state index is 12.2.